The third kappa shape index (κ3) is 1.74. The molecule has 0 spiro atoms. The molecule has 1 aliphatic rings. The number of ketones is 1. The number of hydrogen-bond acceptors (Lipinski definition) is 1. The third-order valence-corrected chi connectivity index (χ3v) is 3.14. The van der Waals surface area contributed by atoms with Crippen molar-refractivity contribution in [1.82, 2.24) is 0 Å². The van der Waals surface area contributed by atoms with E-state index in [0.717, 1.165) is 25.7 Å². The topological polar surface area (TPSA) is 17.1 Å². The Labute approximate surface area is 80.5 Å². The number of hydrogen-bond donors (Lipinski definition) is 0. The Kier molecular flexibility index (Phi) is 3.07. The highest BCUT2D eigenvalue weighted by Crippen LogP contribution is 2.43. The van der Waals surface area contributed by atoms with Gasteiger partial charge in [0.1, 0.15) is 5.78 Å². The zero-order valence-electron chi connectivity index (χ0n) is 8.60. The molecule has 1 rings (SSSR count). The van der Waals surface area contributed by atoms with Crippen LogP contribution >= 0.6 is 0 Å². The van der Waals surface area contributed by atoms with Gasteiger partial charge in [-0.15, -0.1) is 6.58 Å². The van der Waals surface area contributed by atoms with Crippen molar-refractivity contribution in [1.29, 1.82) is 0 Å². The summed E-state index contributed by atoms with van der Waals surface area (Å²) in [5.41, 5.74) is 1.14. The number of rotatable bonds is 3. The van der Waals surface area contributed by atoms with E-state index in [1.54, 1.807) is 0 Å². The maximum Gasteiger partial charge on any atom is 0.143 e. The lowest BCUT2D eigenvalue weighted by Gasteiger charge is -2.23. The first-order valence-corrected chi connectivity index (χ1v) is 4.95. The Hall–Kier alpha value is -0.850. The monoisotopic (exact) mass is 178 g/mol. The number of Topliss-reactive ketones (excluding diaryl/α,β-unsaturated/α-hetero) is 1. The van der Waals surface area contributed by atoms with Gasteiger partial charge in [-0.1, -0.05) is 17.7 Å². The average molecular weight is 178 g/mol. The van der Waals surface area contributed by atoms with E-state index in [-0.39, 0.29) is 5.41 Å². The van der Waals surface area contributed by atoms with E-state index in [2.05, 4.69) is 19.6 Å². The molecule has 1 saturated carbocycles. The zero-order valence-corrected chi connectivity index (χ0v) is 8.60. The van der Waals surface area contributed by atoms with Crippen LogP contribution in [0.4, 0.5) is 0 Å². The van der Waals surface area contributed by atoms with Crippen molar-refractivity contribution in [3.63, 3.8) is 0 Å². The molecule has 0 aromatic rings. The van der Waals surface area contributed by atoms with Crippen LogP contribution in [0, 0.1) is 5.41 Å². The molecule has 72 valence electrons. The van der Waals surface area contributed by atoms with Gasteiger partial charge in [0.05, 0.1) is 0 Å². The predicted octanol–water partition coefficient (Wildman–Crippen LogP) is 3.27. The highest BCUT2D eigenvalue weighted by Gasteiger charge is 2.40. The van der Waals surface area contributed by atoms with Crippen molar-refractivity contribution < 1.29 is 4.79 Å². The second-order valence-electron chi connectivity index (χ2n) is 3.90. The first kappa shape index (κ1) is 10.2. The molecule has 0 radical (unpaired) electrons. The van der Waals surface area contributed by atoms with Gasteiger partial charge in [-0.2, -0.15) is 0 Å². The summed E-state index contributed by atoms with van der Waals surface area (Å²) >= 11 is 0. The van der Waals surface area contributed by atoms with Crippen molar-refractivity contribution in [2.24, 2.45) is 5.41 Å². The van der Waals surface area contributed by atoms with Gasteiger partial charge in [-0.05, 0) is 33.1 Å². The van der Waals surface area contributed by atoms with Gasteiger partial charge in [0.15, 0.2) is 0 Å². The largest absolute Gasteiger partial charge is 0.299 e. The van der Waals surface area contributed by atoms with Crippen molar-refractivity contribution >= 4 is 5.78 Å². The number of carbonyl (C=O) groups excluding carboxylic acids is 1. The summed E-state index contributed by atoms with van der Waals surface area (Å²) in [4.78, 5) is 11.7. The zero-order chi connectivity index (χ0) is 9.90. The summed E-state index contributed by atoms with van der Waals surface area (Å²) in [5, 5.41) is 0. The first-order chi connectivity index (χ1) is 6.15. The van der Waals surface area contributed by atoms with Crippen LogP contribution in [0.2, 0.25) is 0 Å². The molecule has 1 atom stereocenters. The van der Waals surface area contributed by atoms with Gasteiger partial charge in [0.2, 0.25) is 0 Å². The van der Waals surface area contributed by atoms with Crippen LogP contribution in [-0.2, 0) is 4.79 Å². The molecule has 1 aliphatic carbocycles. The van der Waals surface area contributed by atoms with Crippen LogP contribution in [0.15, 0.2) is 24.3 Å². The lowest BCUT2D eigenvalue weighted by Crippen LogP contribution is -2.23. The van der Waals surface area contributed by atoms with Crippen LogP contribution in [-0.4, -0.2) is 5.78 Å². The molecule has 0 bridgehead atoms. The van der Waals surface area contributed by atoms with Crippen molar-refractivity contribution in [2.75, 3.05) is 0 Å². The maximum atomic E-state index is 11.7. The summed E-state index contributed by atoms with van der Waals surface area (Å²) in [5.74, 6) is 0.405. The van der Waals surface area contributed by atoms with Gasteiger partial charge >= 0.3 is 0 Å². The van der Waals surface area contributed by atoms with Crippen LogP contribution in [0.1, 0.15) is 39.5 Å². The van der Waals surface area contributed by atoms with Crippen molar-refractivity contribution in [3.8, 4) is 0 Å². The van der Waals surface area contributed by atoms with Gasteiger partial charge in [-0.25, -0.2) is 0 Å². The van der Waals surface area contributed by atoms with E-state index in [9.17, 15) is 4.79 Å². The fourth-order valence-electron chi connectivity index (χ4n) is 2.13. The molecule has 1 heteroatoms. The lowest BCUT2D eigenvalue weighted by molar-refractivity contribution is -0.124. The van der Waals surface area contributed by atoms with Crippen LogP contribution in [0.5, 0.6) is 0 Å². The Morgan fingerprint density at radius 3 is 2.77 bits per heavy atom. The van der Waals surface area contributed by atoms with E-state index < -0.39 is 0 Å². The molecule has 0 aromatic heterocycles. The molecule has 0 aliphatic heterocycles. The second-order valence-corrected chi connectivity index (χ2v) is 3.90. The lowest BCUT2D eigenvalue weighted by atomic mass is 9.79. The first-order valence-electron chi connectivity index (χ1n) is 4.95. The van der Waals surface area contributed by atoms with Crippen molar-refractivity contribution in [3.05, 3.63) is 24.3 Å². The predicted molar refractivity (Wildman–Crippen MR) is 55.5 cm³/mol. The minimum Gasteiger partial charge on any atom is -0.299 e. The highest BCUT2D eigenvalue weighted by molar-refractivity contribution is 5.90. The molecular weight excluding hydrogens is 160 g/mol. The molecule has 0 aromatic carbocycles. The smallest absolute Gasteiger partial charge is 0.143 e. The van der Waals surface area contributed by atoms with Gasteiger partial charge in [-0.3, -0.25) is 4.79 Å². The maximum absolute atomic E-state index is 11.7. The number of carbonyl (C=O) groups is 1. The van der Waals surface area contributed by atoms with E-state index in [4.69, 9.17) is 0 Å². The van der Waals surface area contributed by atoms with Gasteiger partial charge in [0, 0.05) is 11.8 Å². The van der Waals surface area contributed by atoms with Crippen LogP contribution < -0.4 is 0 Å². The normalized spacial score (nSPS) is 31.2. The standard InChI is InChI=1S/C12H18O/c1-4-6-9-12(3)10(5-2)7-8-11(12)13/h4-5H,1,6-9H2,2-3H3/b10-5-. The summed E-state index contributed by atoms with van der Waals surface area (Å²) in [6.45, 7) is 7.80. The minimum atomic E-state index is -0.178. The van der Waals surface area contributed by atoms with E-state index in [0.29, 0.717) is 5.78 Å². The summed E-state index contributed by atoms with van der Waals surface area (Å²) < 4.78 is 0. The Morgan fingerprint density at radius 2 is 2.23 bits per heavy atom. The molecule has 1 unspecified atom stereocenters. The van der Waals surface area contributed by atoms with Gasteiger partial charge in [0.25, 0.3) is 0 Å². The third-order valence-electron chi connectivity index (χ3n) is 3.14. The summed E-state index contributed by atoms with van der Waals surface area (Å²) in [7, 11) is 0. The summed E-state index contributed by atoms with van der Waals surface area (Å²) in [6.07, 6.45) is 7.54. The molecule has 0 saturated heterocycles. The minimum absolute atomic E-state index is 0.178. The summed E-state index contributed by atoms with van der Waals surface area (Å²) in [6, 6.07) is 0. The van der Waals surface area contributed by atoms with E-state index in [1.165, 1.54) is 5.57 Å². The molecule has 0 N–H and O–H groups in total. The fourth-order valence-corrected chi connectivity index (χ4v) is 2.13. The van der Waals surface area contributed by atoms with E-state index in [1.807, 2.05) is 13.0 Å². The van der Waals surface area contributed by atoms with Crippen molar-refractivity contribution in [2.45, 2.75) is 39.5 Å². The molecule has 0 heterocycles. The Morgan fingerprint density at radius 1 is 1.54 bits per heavy atom. The molecule has 0 amide bonds. The Bertz CT molecular complexity index is 250. The molecule has 1 nitrogen and oxygen atoms in total. The SMILES string of the molecule is C=CCCC1(C)C(=O)CC/C1=C/C. The molecule has 1 fully saturated rings. The van der Waals surface area contributed by atoms with Crippen LogP contribution in [0.3, 0.4) is 0 Å². The second kappa shape index (κ2) is 3.91. The Balaban J connectivity index is 2.82. The molecule has 13 heavy (non-hydrogen) atoms. The highest BCUT2D eigenvalue weighted by atomic mass is 16.1. The van der Waals surface area contributed by atoms with Crippen LogP contribution in [0.25, 0.3) is 0 Å². The van der Waals surface area contributed by atoms with E-state index >= 15 is 0 Å². The number of allylic oxidation sites excluding steroid dienone is 3. The average Bonchev–Trinajstić information content (AvgIpc) is 2.41. The molecular formula is C12H18O. The van der Waals surface area contributed by atoms with Gasteiger partial charge < -0.3 is 0 Å². The quantitative estimate of drug-likeness (QED) is 0.606. The fraction of sp³-hybridized carbons (Fsp3) is 0.583.